The van der Waals surface area contributed by atoms with Crippen molar-refractivity contribution < 1.29 is 9.47 Å². The minimum absolute atomic E-state index is 0.352. The highest BCUT2D eigenvalue weighted by atomic mass is 16.5. The molecule has 0 unspecified atom stereocenters. The third-order valence-corrected chi connectivity index (χ3v) is 2.77. The van der Waals surface area contributed by atoms with E-state index in [-0.39, 0.29) is 0 Å². The Morgan fingerprint density at radius 2 is 1.25 bits per heavy atom. The summed E-state index contributed by atoms with van der Waals surface area (Å²) in [6.45, 7) is 4.28. The molecule has 20 heavy (non-hydrogen) atoms. The summed E-state index contributed by atoms with van der Waals surface area (Å²) in [7, 11) is 0. The minimum atomic E-state index is 0.352. The first-order chi connectivity index (χ1) is 9.85. The van der Waals surface area contributed by atoms with Crippen LogP contribution >= 0.6 is 0 Å². The SMILES string of the molecule is CC#CCOc1cc2ccccc2cc1OCC#CC. The maximum atomic E-state index is 5.67. The predicted octanol–water partition coefficient (Wildman–Crippen LogP) is 3.64. The molecule has 2 heteroatoms. The molecule has 0 atom stereocenters. The molecule has 0 heterocycles. The van der Waals surface area contributed by atoms with Gasteiger partial charge in [-0.05, 0) is 36.8 Å². The van der Waals surface area contributed by atoms with E-state index in [1.807, 2.05) is 36.4 Å². The van der Waals surface area contributed by atoms with Gasteiger partial charge >= 0.3 is 0 Å². The topological polar surface area (TPSA) is 18.5 Å². The standard InChI is InChI=1S/C18H16O2/c1-3-5-11-19-17-13-15-9-7-8-10-16(15)14-18(17)20-12-6-4-2/h7-10,13-14H,11-12H2,1-2H3. The smallest absolute Gasteiger partial charge is 0.163 e. The third kappa shape index (κ3) is 3.46. The molecule has 0 aliphatic heterocycles. The van der Waals surface area contributed by atoms with Crippen molar-refractivity contribution >= 4 is 10.8 Å². The number of fused-ring (bicyclic) bond motifs is 1. The first-order valence-electron chi connectivity index (χ1n) is 6.42. The lowest BCUT2D eigenvalue weighted by Crippen LogP contribution is -2.00. The van der Waals surface area contributed by atoms with Gasteiger partial charge in [-0.25, -0.2) is 0 Å². The van der Waals surface area contributed by atoms with Crippen LogP contribution in [0.25, 0.3) is 10.8 Å². The Morgan fingerprint density at radius 1 is 0.800 bits per heavy atom. The maximum absolute atomic E-state index is 5.67. The van der Waals surface area contributed by atoms with E-state index in [9.17, 15) is 0 Å². The minimum Gasteiger partial charge on any atom is -0.477 e. The second-order valence-electron chi connectivity index (χ2n) is 4.08. The van der Waals surface area contributed by atoms with E-state index < -0.39 is 0 Å². The van der Waals surface area contributed by atoms with Crippen molar-refractivity contribution in [2.45, 2.75) is 13.8 Å². The van der Waals surface area contributed by atoms with Crippen LogP contribution < -0.4 is 9.47 Å². The highest BCUT2D eigenvalue weighted by Crippen LogP contribution is 2.32. The van der Waals surface area contributed by atoms with E-state index in [4.69, 9.17) is 9.47 Å². The third-order valence-electron chi connectivity index (χ3n) is 2.77. The van der Waals surface area contributed by atoms with Gasteiger partial charge in [-0.15, -0.1) is 11.8 Å². The fourth-order valence-electron chi connectivity index (χ4n) is 1.80. The summed E-state index contributed by atoms with van der Waals surface area (Å²) in [5.74, 6) is 12.8. The van der Waals surface area contributed by atoms with Gasteiger partial charge in [0.2, 0.25) is 0 Å². The van der Waals surface area contributed by atoms with Crippen molar-refractivity contribution in [2.24, 2.45) is 0 Å². The summed E-state index contributed by atoms with van der Waals surface area (Å²) in [5.41, 5.74) is 0. The number of ether oxygens (including phenoxy) is 2. The predicted molar refractivity (Wildman–Crippen MR) is 81.8 cm³/mol. The van der Waals surface area contributed by atoms with Gasteiger partial charge in [0, 0.05) is 0 Å². The summed E-state index contributed by atoms with van der Waals surface area (Å²) < 4.78 is 11.3. The molecule has 0 radical (unpaired) electrons. The lowest BCUT2D eigenvalue weighted by molar-refractivity contribution is 0.315. The normalized spacial score (nSPS) is 9.10. The van der Waals surface area contributed by atoms with E-state index in [2.05, 4.69) is 23.7 Å². The van der Waals surface area contributed by atoms with Crippen molar-refractivity contribution in [3.05, 3.63) is 36.4 Å². The number of benzene rings is 2. The van der Waals surface area contributed by atoms with Crippen molar-refractivity contribution in [3.8, 4) is 35.2 Å². The first kappa shape index (κ1) is 13.8. The summed E-state index contributed by atoms with van der Waals surface area (Å²) >= 11 is 0. The Labute approximate surface area is 119 Å². The lowest BCUT2D eigenvalue weighted by Gasteiger charge is -2.11. The summed E-state index contributed by atoms with van der Waals surface area (Å²) in [6.07, 6.45) is 0. The van der Waals surface area contributed by atoms with Gasteiger partial charge in [0.05, 0.1) is 0 Å². The number of rotatable bonds is 4. The van der Waals surface area contributed by atoms with Crippen LogP contribution in [0.3, 0.4) is 0 Å². The van der Waals surface area contributed by atoms with Crippen LogP contribution in [0, 0.1) is 23.7 Å². The molecule has 0 saturated heterocycles. The molecule has 0 bridgehead atoms. The molecule has 0 fully saturated rings. The molecule has 0 aromatic heterocycles. The van der Waals surface area contributed by atoms with Crippen molar-refractivity contribution in [1.29, 1.82) is 0 Å². The summed E-state index contributed by atoms with van der Waals surface area (Å²) in [5, 5.41) is 2.22. The van der Waals surface area contributed by atoms with Crippen LogP contribution in [0.1, 0.15) is 13.8 Å². The molecule has 0 spiro atoms. The Hall–Kier alpha value is -2.58. The molecule has 0 aliphatic carbocycles. The zero-order valence-corrected chi connectivity index (χ0v) is 11.7. The second-order valence-corrected chi connectivity index (χ2v) is 4.08. The number of hydrogen-bond donors (Lipinski definition) is 0. The largest absolute Gasteiger partial charge is 0.477 e. The molecule has 2 aromatic carbocycles. The van der Waals surface area contributed by atoms with Gasteiger partial charge in [0.25, 0.3) is 0 Å². The fourth-order valence-corrected chi connectivity index (χ4v) is 1.80. The average molecular weight is 264 g/mol. The van der Waals surface area contributed by atoms with Gasteiger partial charge in [-0.1, -0.05) is 36.1 Å². The molecule has 2 nitrogen and oxygen atoms in total. The van der Waals surface area contributed by atoms with Crippen LogP contribution in [-0.4, -0.2) is 13.2 Å². The first-order valence-corrected chi connectivity index (χ1v) is 6.42. The van der Waals surface area contributed by atoms with E-state index in [0.717, 1.165) is 10.8 Å². The van der Waals surface area contributed by atoms with Crippen LogP contribution in [-0.2, 0) is 0 Å². The highest BCUT2D eigenvalue weighted by Gasteiger charge is 2.07. The molecule has 0 N–H and O–H groups in total. The van der Waals surface area contributed by atoms with Gasteiger partial charge in [0.1, 0.15) is 13.2 Å². The molecule has 0 aliphatic rings. The van der Waals surface area contributed by atoms with E-state index in [1.54, 1.807) is 13.8 Å². The molecule has 2 rings (SSSR count). The van der Waals surface area contributed by atoms with Crippen LogP contribution in [0.15, 0.2) is 36.4 Å². The van der Waals surface area contributed by atoms with Crippen molar-refractivity contribution in [2.75, 3.05) is 13.2 Å². The maximum Gasteiger partial charge on any atom is 0.163 e. The van der Waals surface area contributed by atoms with Crippen LogP contribution in [0.5, 0.6) is 11.5 Å². The average Bonchev–Trinajstić information content (AvgIpc) is 2.48. The second kappa shape index (κ2) is 7.12. The van der Waals surface area contributed by atoms with Gasteiger partial charge in [-0.2, -0.15) is 0 Å². The van der Waals surface area contributed by atoms with Crippen molar-refractivity contribution in [1.82, 2.24) is 0 Å². The molecular formula is C18H16O2. The zero-order chi connectivity index (χ0) is 14.2. The fraction of sp³-hybridized carbons (Fsp3) is 0.222. The number of hydrogen-bond acceptors (Lipinski definition) is 2. The van der Waals surface area contributed by atoms with E-state index in [1.165, 1.54) is 0 Å². The van der Waals surface area contributed by atoms with Gasteiger partial charge in [-0.3, -0.25) is 0 Å². The van der Waals surface area contributed by atoms with Crippen LogP contribution in [0.4, 0.5) is 0 Å². The molecule has 2 aromatic rings. The van der Waals surface area contributed by atoms with Crippen molar-refractivity contribution in [3.63, 3.8) is 0 Å². The summed E-state index contributed by atoms with van der Waals surface area (Å²) in [6, 6.07) is 12.0. The lowest BCUT2D eigenvalue weighted by atomic mass is 10.1. The molecule has 0 saturated carbocycles. The Kier molecular flexibility index (Phi) is 4.93. The molecular weight excluding hydrogens is 248 g/mol. The van der Waals surface area contributed by atoms with E-state index in [0.29, 0.717) is 24.7 Å². The zero-order valence-electron chi connectivity index (χ0n) is 11.7. The van der Waals surface area contributed by atoms with Gasteiger partial charge < -0.3 is 9.47 Å². The molecule has 100 valence electrons. The van der Waals surface area contributed by atoms with Gasteiger partial charge in [0.15, 0.2) is 11.5 Å². The summed E-state index contributed by atoms with van der Waals surface area (Å²) in [4.78, 5) is 0. The molecule has 0 amide bonds. The highest BCUT2D eigenvalue weighted by molar-refractivity contribution is 5.86. The monoisotopic (exact) mass is 264 g/mol. The Balaban J connectivity index is 2.33. The quantitative estimate of drug-likeness (QED) is 0.785. The Morgan fingerprint density at radius 3 is 1.65 bits per heavy atom. The van der Waals surface area contributed by atoms with E-state index >= 15 is 0 Å². The van der Waals surface area contributed by atoms with Crippen LogP contribution in [0.2, 0.25) is 0 Å². The Bertz CT molecular complexity index is 646.